The molecule has 158 valence electrons. The Morgan fingerprint density at radius 2 is 1.84 bits per heavy atom. The highest BCUT2D eigenvalue weighted by atomic mass is 16.5. The second-order valence-corrected chi connectivity index (χ2v) is 7.47. The zero-order chi connectivity index (χ0) is 21.2. The van der Waals surface area contributed by atoms with Gasteiger partial charge in [-0.15, -0.1) is 0 Å². The molecular weight excluding hydrogens is 390 g/mol. The Morgan fingerprint density at radius 3 is 2.58 bits per heavy atom. The molecule has 0 saturated carbocycles. The van der Waals surface area contributed by atoms with Gasteiger partial charge in [0.15, 0.2) is 11.5 Å². The maximum atomic E-state index is 6.48. The first-order valence-corrected chi connectivity index (χ1v) is 10.7. The van der Waals surface area contributed by atoms with Crippen molar-refractivity contribution >= 4 is 5.71 Å². The standard InChI is InChI=1S/C25H25N3O3/c1-3-29-19-12-10-17(11-13-19)21-15-22-20-8-5-9-23(30-4-2)24(20)31-25(28(22)27-21)18-7-6-14-26-16-18/h5-14,16,22,25H,3-4,15H2,1-2H3/t22-,25-/m0/s1. The molecule has 0 saturated heterocycles. The molecule has 0 spiro atoms. The van der Waals surface area contributed by atoms with E-state index in [9.17, 15) is 0 Å². The van der Waals surface area contributed by atoms with Gasteiger partial charge in [-0.3, -0.25) is 4.98 Å². The topological polar surface area (TPSA) is 56.2 Å². The van der Waals surface area contributed by atoms with Gasteiger partial charge in [0, 0.05) is 29.9 Å². The highest BCUT2D eigenvalue weighted by molar-refractivity contribution is 6.02. The summed E-state index contributed by atoms with van der Waals surface area (Å²) in [6.07, 6.45) is 4.02. The molecule has 0 amide bonds. The lowest BCUT2D eigenvalue weighted by molar-refractivity contribution is -0.0214. The maximum Gasteiger partial charge on any atom is 0.215 e. The molecule has 5 rings (SSSR count). The van der Waals surface area contributed by atoms with Gasteiger partial charge in [-0.25, -0.2) is 5.01 Å². The van der Waals surface area contributed by atoms with Gasteiger partial charge in [0.2, 0.25) is 6.23 Å². The van der Waals surface area contributed by atoms with E-state index in [-0.39, 0.29) is 12.3 Å². The number of fused-ring (bicyclic) bond motifs is 3. The van der Waals surface area contributed by atoms with Crippen LogP contribution in [0.1, 0.15) is 49.2 Å². The molecule has 1 aromatic heterocycles. The van der Waals surface area contributed by atoms with Gasteiger partial charge >= 0.3 is 0 Å². The Hall–Kier alpha value is -3.54. The Kier molecular flexibility index (Phi) is 5.20. The van der Waals surface area contributed by atoms with Gasteiger partial charge < -0.3 is 14.2 Å². The third-order valence-electron chi connectivity index (χ3n) is 5.55. The zero-order valence-electron chi connectivity index (χ0n) is 17.7. The molecule has 2 aliphatic rings. The number of nitrogens with zero attached hydrogens (tertiary/aromatic N) is 3. The monoisotopic (exact) mass is 415 g/mol. The molecule has 3 aromatic rings. The maximum absolute atomic E-state index is 6.48. The first kappa shape index (κ1) is 19.4. The lowest BCUT2D eigenvalue weighted by atomic mass is 9.95. The van der Waals surface area contributed by atoms with E-state index >= 15 is 0 Å². The lowest BCUT2D eigenvalue weighted by Gasteiger charge is -2.38. The van der Waals surface area contributed by atoms with E-state index in [4.69, 9.17) is 19.3 Å². The summed E-state index contributed by atoms with van der Waals surface area (Å²) in [4.78, 5) is 4.29. The molecule has 6 heteroatoms. The molecule has 0 radical (unpaired) electrons. The van der Waals surface area contributed by atoms with Crippen LogP contribution in [0, 0.1) is 0 Å². The van der Waals surface area contributed by atoms with E-state index in [1.807, 2.05) is 56.4 Å². The summed E-state index contributed by atoms with van der Waals surface area (Å²) in [5.74, 6) is 2.43. The van der Waals surface area contributed by atoms with Gasteiger partial charge in [-0.1, -0.05) is 18.2 Å². The highest BCUT2D eigenvalue weighted by Gasteiger charge is 2.42. The summed E-state index contributed by atoms with van der Waals surface area (Å²) in [6, 6.07) is 18.2. The Labute approximate surface area is 182 Å². The summed E-state index contributed by atoms with van der Waals surface area (Å²) in [5.41, 5.74) is 4.17. The number of ether oxygens (including phenoxy) is 3. The van der Waals surface area contributed by atoms with Crippen LogP contribution in [0.4, 0.5) is 0 Å². The quantitative estimate of drug-likeness (QED) is 0.559. The summed E-state index contributed by atoms with van der Waals surface area (Å²) >= 11 is 0. The average Bonchev–Trinajstić information content (AvgIpc) is 3.26. The van der Waals surface area contributed by atoms with E-state index in [2.05, 4.69) is 28.2 Å². The highest BCUT2D eigenvalue weighted by Crippen LogP contribution is 2.50. The molecule has 0 N–H and O–H groups in total. The molecular formula is C25H25N3O3. The molecule has 31 heavy (non-hydrogen) atoms. The van der Waals surface area contributed by atoms with E-state index < -0.39 is 0 Å². The van der Waals surface area contributed by atoms with Crippen molar-refractivity contribution in [3.05, 3.63) is 83.7 Å². The fourth-order valence-electron chi connectivity index (χ4n) is 4.18. The minimum absolute atomic E-state index is 0.0657. The Bertz CT molecular complexity index is 1080. The van der Waals surface area contributed by atoms with Crippen LogP contribution in [-0.2, 0) is 0 Å². The van der Waals surface area contributed by atoms with Crippen LogP contribution < -0.4 is 14.2 Å². The summed E-state index contributed by atoms with van der Waals surface area (Å²) in [5, 5.41) is 7.06. The minimum Gasteiger partial charge on any atom is -0.494 e. The van der Waals surface area contributed by atoms with Gasteiger partial charge in [0.25, 0.3) is 0 Å². The molecule has 3 heterocycles. The zero-order valence-corrected chi connectivity index (χ0v) is 17.7. The number of benzene rings is 2. The first-order chi connectivity index (χ1) is 15.3. The molecule has 2 aliphatic heterocycles. The van der Waals surface area contributed by atoms with Gasteiger partial charge in [-0.05, 0) is 55.8 Å². The van der Waals surface area contributed by atoms with E-state index in [1.165, 1.54) is 0 Å². The summed E-state index contributed by atoms with van der Waals surface area (Å²) < 4.78 is 17.9. The Morgan fingerprint density at radius 1 is 1.00 bits per heavy atom. The second kappa shape index (κ2) is 8.30. The normalized spacial score (nSPS) is 19.2. The third kappa shape index (κ3) is 3.58. The van der Waals surface area contributed by atoms with Crippen molar-refractivity contribution in [1.82, 2.24) is 9.99 Å². The number of rotatable bonds is 6. The largest absolute Gasteiger partial charge is 0.494 e. The van der Waals surface area contributed by atoms with E-state index in [0.29, 0.717) is 13.2 Å². The van der Waals surface area contributed by atoms with E-state index in [1.54, 1.807) is 6.20 Å². The SMILES string of the molecule is CCOc1ccc(C2=NN3[C@@H](C2)c2cccc(OCC)c2O[C@H]3c2cccnc2)cc1. The second-order valence-electron chi connectivity index (χ2n) is 7.47. The first-order valence-electron chi connectivity index (χ1n) is 10.7. The number of para-hydroxylation sites is 1. The van der Waals surface area contributed by atoms with Crippen LogP contribution in [0.3, 0.4) is 0 Å². The number of hydrogen-bond donors (Lipinski definition) is 0. The average molecular weight is 415 g/mol. The van der Waals surface area contributed by atoms with Crippen LogP contribution in [-0.4, -0.2) is 28.9 Å². The van der Waals surface area contributed by atoms with Crippen molar-refractivity contribution in [3.63, 3.8) is 0 Å². The summed E-state index contributed by atoms with van der Waals surface area (Å²) in [6.45, 7) is 5.20. The van der Waals surface area contributed by atoms with Gasteiger partial charge in [-0.2, -0.15) is 5.10 Å². The van der Waals surface area contributed by atoms with Gasteiger partial charge in [0.05, 0.1) is 25.0 Å². The molecule has 6 nitrogen and oxygen atoms in total. The molecule has 0 fully saturated rings. The van der Waals surface area contributed by atoms with Crippen molar-refractivity contribution in [1.29, 1.82) is 0 Å². The van der Waals surface area contributed by atoms with Gasteiger partial charge in [0.1, 0.15) is 5.75 Å². The van der Waals surface area contributed by atoms with Crippen molar-refractivity contribution in [2.24, 2.45) is 5.10 Å². The fourth-order valence-corrected chi connectivity index (χ4v) is 4.18. The smallest absolute Gasteiger partial charge is 0.215 e. The van der Waals surface area contributed by atoms with E-state index in [0.717, 1.165) is 46.1 Å². The van der Waals surface area contributed by atoms with Crippen molar-refractivity contribution in [2.75, 3.05) is 13.2 Å². The number of hydrazone groups is 1. The van der Waals surface area contributed by atoms with Crippen molar-refractivity contribution < 1.29 is 14.2 Å². The van der Waals surface area contributed by atoms with Crippen LogP contribution >= 0.6 is 0 Å². The fraction of sp³-hybridized carbons (Fsp3) is 0.280. The molecule has 2 atom stereocenters. The number of pyridine rings is 1. The number of hydrogen-bond acceptors (Lipinski definition) is 6. The molecule has 0 bridgehead atoms. The molecule has 0 unspecified atom stereocenters. The predicted molar refractivity (Wildman–Crippen MR) is 119 cm³/mol. The number of aromatic nitrogens is 1. The third-order valence-corrected chi connectivity index (χ3v) is 5.55. The molecule has 2 aromatic carbocycles. The molecule has 0 aliphatic carbocycles. The van der Waals surface area contributed by atoms with Crippen molar-refractivity contribution in [2.45, 2.75) is 32.5 Å². The summed E-state index contributed by atoms with van der Waals surface area (Å²) in [7, 11) is 0. The van der Waals surface area contributed by atoms with Crippen molar-refractivity contribution in [3.8, 4) is 17.2 Å². The Balaban J connectivity index is 1.55. The van der Waals surface area contributed by atoms with Crippen LogP contribution in [0.5, 0.6) is 17.2 Å². The van der Waals surface area contributed by atoms with Crippen LogP contribution in [0.15, 0.2) is 72.1 Å². The van der Waals surface area contributed by atoms with Crippen LogP contribution in [0.2, 0.25) is 0 Å². The predicted octanol–water partition coefficient (Wildman–Crippen LogP) is 5.12. The van der Waals surface area contributed by atoms with Crippen LogP contribution in [0.25, 0.3) is 0 Å². The minimum atomic E-state index is -0.368. The lowest BCUT2D eigenvalue weighted by Crippen LogP contribution is -2.34.